The van der Waals surface area contributed by atoms with Crippen LogP contribution < -0.4 is 0 Å². The first-order valence-corrected chi connectivity index (χ1v) is 10.3. The third-order valence-electron chi connectivity index (χ3n) is 6.21. The van der Waals surface area contributed by atoms with E-state index in [0.29, 0.717) is 38.9 Å². The number of hydrogen-bond acceptors (Lipinski definition) is 5. The average molecular weight is 392 g/mol. The zero-order valence-electron chi connectivity index (χ0n) is 17.3. The number of likely N-dealkylation sites (tertiary alicyclic amines) is 1. The number of aromatic nitrogens is 2. The van der Waals surface area contributed by atoms with Crippen LogP contribution in [0.2, 0.25) is 0 Å². The topological polar surface area (TPSA) is 92.8 Å². The van der Waals surface area contributed by atoms with Crippen molar-refractivity contribution in [3.8, 4) is 0 Å². The second kappa shape index (κ2) is 8.61. The maximum atomic E-state index is 12.8. The number of rotatable bonds is 4. The second-order valence-corrected chi connectivity index (χ2v) is 8.33. The molecule has 2 aliphatic rings. The normalized spacial score (nSPS) is 24.3. The molecule has 0 saturated carbocycles. The summed E-state index contributed by atoms with van der Waals surface area (Å²) in [5, 5.41) is 18.3. The zero-order valence-corrected chi connectivity index (χ0v) is 17.3. The highest BCUT2D eigenvalue weighted by Crippen LogP contribution is 2.25. The predicted molar refractivity (Wildman–Crippen MR) is 106 cm³/mol. The van der Waals surface area contributed by atoms with Crippen LogP contribution in [-0.4, -0.2) is 93.2 Å². The van der Waals surface area contributed by atoms with Crippen LogP contribution >= 0.6 is 0 Å². The van der Waals surface area contributed by atoms with Crippen molar-refractivity contribution in [2.24, 2.45) is 0 Å². The summed E-state index contributed by atoms with van der Waals surface area (Å²) in [6, 6.07) is 0. The molecule has 2 aliphatic heterocycles. The summed E-state index contributed by atoms with van der Waals surface area (Å²) in [5.41, 5.74) is 2.03. The first-order chi connectivity index (χ1) is 13.3. The number of carbonyl (C=O) groups excluding carboxylic acids is 2. The molecule has 0 aromatic carbocycles. The highest BCUT2D eigenvalue weighted by atomic mass is 16.3. The lowest BCUT2D eigenvalue weighted by Gasteiger charge is -2.39. The number of carbonyl (C=O) groups is 2. The largest absolute Gasteiger partial charge is 0.388 e. The number of piperazine rings is 1. The van der Waals surface area contributed by atoms with E-state index in [2.05, 4.69) is 15.1 Å². The maximum absolute atomic E-state index is 12.8. The number of nitrogens with zero attached hydrogens (tertiary/aromatic N) is 4. The molecule has 0 spiro atoms. The highest BCUT2D eigenvalue weighted by molar-refractivity contribution is 5.79. The lowest BCUT2D eigenvalue weighted by atomic mass is 9.94. The molecule has 1 aromatic rings. The average Bonchev–Trinajstić information content (AvgIpc) is 2.85. The van der Waals surface area contributed by atoms with Gasteiger partial charge in [-0.2, -0.15) is 5.10 Å². The van der Waals surface area contributed by atoms with Gasteiger partial charge in [0.15, 0.2) is 0 Å². The van der Waals surface area contributed by atoms with Crippen molar-refractivity contribution >= 4 is 11.8 Å². The van der Waals surface area contributed by atoms with Gasteiger partial charge in [0.2, 0.25) is 11.8 Å². The molecule has 3 rings (SSSR count). The Morgan fingerprint density at radius 1 is 1.07 bits per heavy atom. The maximum Gasteiger partial charge on any atom is 0.227 e. The fraction of sp³-hybridized carbons (Fsp3) is 0.750. The fourth-order valence-corrected chi connectivity index (χ4v) is 4.32. The van der Waals surface area contributed by atoms with Gasteiger partial charge in [0.05, 0.1) is 17.7 Å². The molecule has 28 heavy (non-hydrogen) atoms. The molecule has 0 aliphatic carbocycles. The Balaban J connectivity index is 1.52. The summed E-state index contributed by atoms with van der Waals surface area (Å²) in [7, 11) is 0. The van der Waals surface area contributed by atoms with Crippen molar-refractivity contribution in [2.45, 2.75) is 52.1 Å². The Bertz CT molecular complexity index is 691. The summed E-state index contributed by atoms with van der Waals surface area (Å²) in [6.45, 7) is 10.4. The van der Waals surface area contributed by atoms with Gasteiger partial charge in [-0.15, -0.1) is 0 Å². The van der Waals surface area contributed by atoms with Gasteiger partial charge in [0.25, 0.3) is 0 Å². The Morgan fingerprint density at radius 2 is 1.79 bits per heavy atom. The highest BCUT2D eigenvalue weighted by Gasteiger charge is 2.34. The molecule has 2 N–H and O–H groups in total. The SMILES string of the molecule is CC(=O)N1CCN(C[C@@]2(O)CCCN(C(=O)Cc3c(C)n[nH]c3C)CC2)CC1. The van der Waals surface area contributed by atoms with Crippen LogP contribution in [0, 0.1) is 13.8 Å². The molecular weight excluding hydrogens is 358 g/mol. The van der Waals surface area contributed by atoms with Gasteiger partial charge in [-0.25, -0.2) is 0 Å². The third kappa shape index (κ3) is 4.91. The molecule has 1 atom stereocenters. The minimum atomic E-state index is -0.769. The van der Waals surface area contributed by atoms with Crippen LogP contribution in [0.1, 0.15) is 43.1 Å². The van der Waals surface area contributed by atoms with Gasteiger partial charge < -0.3 is 14.9 Å². The molecule has 2 amide bonds. The standard InChI is InChI=1S/C20H33N5O3/c1-15-18(16(2)22-21-15)13-19(27)25-7-4-5-20(28,6-8-25)14-23-9-11-24(12-10-23)17(3)26/h28H,4-14H2,1-3H3,(H,21,22)/t20-/m1/s1. The van der Waals surface area contributed by atoms with E-state index in [1.807, 2.05) is 23.6 Å². The van der Waals surface area contributed by atoms with Crippen LogP contribution in [0.3, 0.4) is 0 Å². The quantitative estimate of drug-likeness (QED) is 0.779. The summed E-state index contributed by atoms with van der Waals surface area (Å²) >= 11 is 0. The monoisotopic (exact) mass is 391 g/mol. The number of nitrogens with one attached hydrogen (secondary N) is 1. The van der Waals surface area contributed by atoms with E-state index in [4.69, 9.17) is 0 Å². The van der Waals surface area contributed by atoms with Gasteiger partial charge in [0, 0.05) is 64.0 Å². The van der Waals surface area contributed by atoms with Gasteiger partial charge in [-0.1, -0.05) is 0 Å². The van der Waals surface area contributed by atoms with E-state index in [0.717, 1.165) is 49.6 Å². The van der Waals surface area contributed by atoms with E-state index in [9.17, 15) is 14.7 Å². The van der Waals surface area contributed by atoms with Crippen LogP contribution in [0.25, 0.3) is 0 Å². The molecule has 1 aromatic heterocycles. The van der Waals surface area contributed by atoms with Crippen molar-refractivity contribution in [2.75, 3.05) is 45.8 Å². The minimum Gasteiger partial charge on any atom is -0.388 e. The molecule has 0 unspecified atom stereocenters. The third-order valence-corrected chi connectivity index (χ3v) is 6.21. The molecule has 8 nitrogen and oxygen atoms in total. The first-order valence-electron chi connectivity index (χ1n) is 10.3. The lowest BCUT2D eigenvalue weighted by Crippen LogP contribution is -2.53. The minimum absolute atomic E-state index is 0.104. The first kappa shape index (κ1) is 20.8. The number of amides is 2. The Labute approximate surface area is 166 Å². The van der Waals surface area contributed by atoms with E-state index >= 15 is 0 Å². The van der Waals surface area contributed by atoms with E-state index in [1.165, 1.54) is 0 Å². The summed E-state index contributed by atoms with van der Waals surface area (Å²) < 4.78 is 0. The second-order valence-electron chi connectivity index (χ2n) is 8.33. The molecule has 3 heterocycles. The molecule has 156 valence electrons. The molecule has 2 saturated heterocycles. The molecule has 2 fully saturated rings. The molecule has 0 bridgehead atoms. The van der Waals surface area contributed by atoms with E-state index < -0.39 is 5.60 Å². The van der Waals surface area contributed by atoms with Crippen LogP contribution in [0.4, 0.5) is 0 Å². The molecule has 0 radical (unpaired) electrons. The van der Waals surface area contributed by atoms with Crippen molar-refractivity contribution in [1.82, 2.24) is 24.9 Å². The smallest absolute Gasteiger partial charge is 0.227 e. The summed E-state index contributed by atoms with van der Waals surface area (Å²) in [6.07, 6.45) is 2.46. The van der Waals surface area contributed by atoms with E-state index in [-0.39, 0.29) is 11.8 Å². The van der Waals surface area contributed by atoms with Crippen LogP contribution in [0.5, 0.6) is 0 Å². The van der Waals surface area contributed by atoms with Gasteiger partial charge in [0.1, 0.15) is 0 Å². The van der Waals surface area contributed by atoms with E-state index in [1.54, 1.807) is 6.92 Å². The summed E-state index contributed by atoms with van der Waals surface area (Å²) in [5.74, 6) is 0.219. The number of H-pyrrole nitrogens is 1. The summed E-state index contributed by atoms with van der Waals surface area (Å²) in [4.78, 5) is 30.2. The number of hydrogen-bond donors (Lipinski definition) is 2. The Kier molecular flexibility index (Phi) is 6.40. The van der Waals surface area contributed by atoms with Gasteiger partial charge >= 0.3 is 0 Å². The molecular formula is C20H33N5O3. The van der Waals surface area contributed by atoms with Crippen molar-refractivity contribution < 1.29 is 14.7 Å². The zero-order chi connectivity index (χ0) is 20.3. The Hall–Kier alpha value is -1.93. The number of aromatic amines is 1. The number of β-amino-alcohol motifs (C(OH)–C–C–N with tert-alkyl or cyclic N) is 1. The fourth-order valence-electron chi connectivity index (χ4n) is 4.32. The van der Waals surface area contributed by atoms with Crippen LogP contribution in [0.15, 0.2) is 0 Å². The Morgan fingerprint density at radius 3 is 2.39 bits per heavy atom. The number of aryl methyl sites for hydroxylation is 2. The van der Waals surface area contributed by atoms with Crippen molar-refractivity contribution in [3.63, 3.8) is 0 Å². The van der Waals surface area contributed by atoms with Crippen molar-refractivity contribution in [3.05, 3.63) is 17.0 Å². The van der Waals surface area contributed by atoms with Crippen LogP contribution in [-0.2, 0) is 16.0 Å². The van der Waals surface area contributed by atoms with Gasteiger partial charge in [-0.3, -0.25) is 19.6 Å². The number of aliphatic hydroxyl groups is 1. The predicted octanol–water partition coefficient (Wildman–Crippen LogP) is 0.477. The van der Waals surface area contributed by atoms with Crippen molar-refractivity contribution in [1.29, 1.82) is 0 Å². The van der Waals surface area contributed by atoms with Gasteiger partial charge in [-0.05, 0) is 33.1 Å². The molecule has 8 heteroatoms. The lowest BCUT2D eigenvalue weighted by molar-refractivity contribution is -0.131.